The summed E-state index contributed by atoms with van der Waals surface area (Å²) in [5.74, 6) is -2.05. The van der Waals surface area contributed by atoms with Crippen LogP contribution in [0.15, 0.2) is 12.1 Å². The minimum Gasteiger partial charge on any atom is -0.341 e. The van der Waals surface area contributed by atoms with Gasteiger partial charge in [-0.1, -0.05) is 6.92 Å². The van der Waals surface area contributed by atoms with Crippen LogP contribution in [0, 0.1) is 33.6 Å². The van der Waals surface area contributed by atoms with Crippen molar-refractivity contribution in [2.45, 2.75) is 13.3 Å². The number of nitro benzene ring substituents is 1. The third-order valence-corrected chi connectivity index (χ3v) is 3.59. The molecule has 0 N–H and O–H groups in total. The van der Waals surface area contributed by atoms with E-state index in [0.29, 0.717) is 30.5 Å². The van der Waals surface area contributed by atoms with Gasteiger partial charge < -0.3 is 4.90 Å². The molecule has 0 bridgehead atoms. The lowest BCUT2D eigenvalue weighted by Gasteiger charge is -2.17. The highest BCUT2D eigenvalue weighted by Crippen LogP contribution is 2.38. The monoisotopic (exact) mass is 284 g/mol. The Morgan fingerprint density at radius 3 is 2.55 bits per heavy atom. The molecule has 2 atom stereocenters. The predicted octanol–water partition coefficient (Wildman–Crippen LogP) is 2.60. The molecule has 0 aromatic heterocycles. The van der Waals surface area contributed by atoms with Crippen LogP contribution in [0.3, 0.4) is 0 Å². The molecule has 2 rings (SSSR count). The van der Waals surface area contributed by atoms with E-state index in [1.54, 1.807) is 0 Å². The summed E-state index contributed by atoms with van der Waals surface area (Å²) in [6, 6.07) is 1.03. The zero-order chi connectivity index (χ0) is 15.0. The first-order valence-corrected chi connectivity index (χ1v) is 6.20. The summed E-state index contributed by atoms with van der Waals surface area (Å²) >= 11 is 0. The smallest absolute Gasteiger partial charge is 0.307 e. The molecule has 0 heterocycles. The molecule has 1 amide bonds. The second-order valence-electron chi connectivity index (χ2n) is 5.20. The van der Waals surface area contributed by atoms with Crippen LogP contribution in [0.1, 0.15) is 23.7 Å². The molecule has 1 saturated carbocycles. The maximum absolute atomic E-state index is 13.7. The Morgan fingerprint density at radius 2 is 2.05 bits per heavy atom. The molecule has 108 valence electrons. The number of nitro groups is 1. The van der Waals surface area contributed by atoms with Crippen LogP contribution in [0.5, 0.6) is 0 Å². The van der Waals surface area contributed by atoms with Crippen molar-refractivity contribution >= 4 is 11.6 Å². The highest BCUT2D eigenvalue weighted by Gasteiger charge is 2.35. The van der Waals surface area contributed by atoms with E-state index >= 15 is 0 Å². The van der Waals surface area contributed by atoms with Crippen molar-refractivity contribution in [2.75, 3.05) is 13.6 Å². The van der Waals surface area contributed by atoms with E-state index in [9.17, 15) is 23.7 Å². The van der Waals surface area contributed by atoms with Crippen molar-refractivity contribution in [2.24, 2.45) is 11.8 Å². The number of hydrogen-bond acceptors (Lipinski definition) is 3. The number of hydrogen-bond donors (Lipinski definition) is 0. The largest absolute Gasteiger partial charge is 0.341 e. The second kappa shape index (κ2) is 5.15. The van der Waals surface area contributed by atoms with Crippen LogP contribution in [-0.4, -0.2) is 29.3 Å². The van der Waals surface area contributed by atoms with Gasteiger partial charge in [-0.2, -0.15) is 4.39 Å². The first-order valence-electron chi connectivity index (χ1n) is 6.20. The molecule has 1 aliphatic carbocycles. The van der Waals surface area contributed by atoms with Crippen molar-refractivity contribution in [3.63, 3.8) is 0 Å². The van der Waals surface area contributed by atoms with Crippen molar-refractivity contribution in [3.8, 4) is 0 Å². The molecule has 0 spiro atoms. The zero-order valence-electron chi connectivity index (χ0n) is 11.1. The number of carbonyl (C=O) groups excluding carboxylic acids is 1. The van der Waals surface area contributed by atoms with Gasteiger partial charge in [-0.25, -0.2) is 4.39 Å². The number of halogens is 2. The number of carbonyl (C=O) groups is 1. The van der Waals surface area contributed by atoms with Crippen molar-refractivity contribution in [1.82, 2.24) is 4.90 Å². The lowest BCUT2D eigenvalue weighted by molar-refractivity contribution is -0.387. The molecule has 2 unspecified atom stereocenters. The van der Waals surface area contributed by atoms with E-state index in [-0.39, 0.29) is 0 Å². The summed E-state index contributed by atoms with van der Waals surface area (Å²) in [5, 5.41) is 10.5. The average molecular weight is 284 g/mol. The third-order valence-electron chi connectivity index (χ3n) is 3.59. The minimum absolute atomic E-state index is 0.384. The van der Waals surface area contributed by atoms with Crippen LogP contribution in [0.25, 0.3) is 0 Å². The van der Waals surface area contributed by atoms with Gasteiger partial charge in [0.2, 0.25) is 5.82 Å². The van der Waals surface area contributed by atoms with E-state index in [1.807, 2.05) is 0 Å². The van der Waals surface area contributed by atoms with Gasteiger partial charge in [-0.15, -0.1) is 0 Å². The lowest BCUT2D eigenvalue weighted by Crippen LogP contribution is -2.30. The molecular formula is C13H14F2N2O3. The van der Waals surface area contributed by atoms with Crippen molar-refractivity contribution < 1.29 is 18.5 Å². The summed E-state index contributed by atoms with van der Waals surface area (Å²) < 4.78 is 27.2. The molecule has 5 nitrogen and oxygen atoms in total. The standard InChI is InChI=1S/C13H14F2N2O3/c1-7-3-8(7)6-16(2)13(18)9-4-11(15)12(17(19)20)5-10(9)14/h4-5,7-8H,3,6H2,1-2H3. The van der Waals surface area contributed by atoms with Gasteiger partial charge >= 0.3 is 5.69 Å². The van der Waals surface area contributed by atoms with Crippen LogP contribution >= 0.6 is 0 Å². The van der Waals surface area contributed by atoms with E-state index in [0.717, 1.165) is 6.42 Å². The Morgan fingerprint density at radius 1 is 1.45 bits per heavy atom. The SMILES string of the molecule is CC1CC1CN(C)C(=O)c1cc(F)c([N+](=O)[O-])cc1F. The fourth-order valence-electron chi connectivity index (χ4n) is 2.13. The topological polar surface area (TPSA) is 63.5 Å². The Kier molecular flexibility index (Phi) is 3.69. The Labute approximate surface area is 114 Å². The quantitative estimate of drug-likeness (QED) is 0.630. The van der Waals surface area contributed by atoms with E-state index in [4.69, 9.17) is 0 Å². The van der Waals surface area contributed by atoms with Crippen molar-refractivity contribution in [3.05, 3.63) is 39.4 Å². The van der Waals surface area contributed by atoms with Gasteiger partial charge in [0.1, 0.15) is 5.82 Å². The summed E-state index contributed by atoms with van der Waals surface area (Å²) in [7, 11) is 1.51. The van der Waals surface area contributed by atoms with Crippen LogP contribution < -0.4 is 0 Å². The van der Waals surface area contributed by atoms with Gasteiger partial charge in [0.05, 0.1) is 16.6 Å². The normalized spacial score (nSPS) is 20.6. The highest BCUT2D eigenvalue weighted by molar-refractivity contribution is 5.94. The van der Waals surface area contributed by atoms with Gasteiger partial charge in [-0.3, -0.25) is 14.9 Å². The Balaban J connectivity index is 2.21. The number of rotatable bonds is 4. The Hall–Kier alpha value is -2.05. The maximum atomic E-state index is 13.7. The van der Waals surface area contributed by atoms with E-state index < -0.39 is 33.7 Å². The molecule has 1 aromatic rings. The van der Waals surface area contributed by atoms with Gasteiger partial charge in [0, 0.05) is 13.6 Å². The first-order chi connectivity index (χ1) is 9.31. The fraction of sp³-hybridized carbons (Fsp3) is 0.462. The maximum Gasteiger partial charge on any atom is 0.307 e. The molecule has 1 fully saturated rings. The number of nitrogens with zero attached hydrogens (tertiary/aromatic N) is 2. The molecule has 1 aromatic carbocycles. The van der Waals surface area contributed by atoms with Crippen LogP contribution in [0.2, 0.25) is 0 Å². The number of benzene rings is 1. The number of amides is 1. The molecule has 1 aliphatic rings. The van der Waals surface area contributed by atoms with Gasteiger partial charge in [0.15, 0.2) is 0 Å². The first kappa shape index (κ1) is 14.4. The van der Waals surface area contributed by atoms with Crippen LogP contribution in [0.4, 0.5) is 14.5 Å². The fourth-order valence-corrected chi connectivity index (χ4v) is 2.13. The molecule has 0 saturated heterocycles. The van der Waals surface area contributed by atoms with E-state index in [2.05, 4.69) is 6.92 Å². The Bertz CT molecular complexity index is 577. The highest BCUT2D eigenvalue weighted by atomic mass is 19.1. The second-order valence-corrected chi connectivity index (χ2v) is 5.20. The molecular weight excluding hydrogens is 270 g/mol. The zero-order valence-corrected chi connectivity index (χ0v) is 11.1. The van der Waals surface area contributed by atoms with Gasteiger partial charge in [0.25, 0.3) is 5.91 Å². The lowest BCUT2D eigenvalue weighted by atomic mass is 10.1. The summed E-state index contributed by atoms with van der Waals surface area (Å²) in [5.41, 5.74) is -1.46. The summed E-state index contributed by atoms with van der Waals surface area (Å²) in [4.78, 5) is 22.8. The molecule has 7 heteroatoms. The third kappa shape index (κ3) is 2.76. The molecule has 20 heavy (non-hydrogen) atoms. The molecule has 0 radical (unpaired) electrons. The van der Waals surface area contributed by atoms with Crippen LogP contribution in [-0.2, 0) is 0 Å². The average Bonchev–Trinajstić information content (AvgIpc) is 3.06. The summed E-state index contributed by atoms with van der Waals surface area (Å²) in [6.07, 6.45) is 1.01. The van der Waals surface area contributed by atoms with Crippen molar-refractivity contribution in [1.29, 1.82) is 0 Å². The summed E-state index contributed by atoms with van der Waals surface area (Å²) in [6.45, 7) is 2.52. The predicted molar refractivity (Wildman–Crippen MR) is 67.2 cm³/mol. The van der Waals surface area contributed by atoms with Gasteiger partial charge in [-0.05, 0) is 24.3 Å². The minimum atomic E-state index is -1.21. The molecule has 0 aliphatic heterocycles. The van der Waals surface area contributed by atoms with E-state index in [1.165, 1.54) is 11.9 Å².